The number of carbonyl (C=O) groups is 1. The molecule has 3 nitrogen and oxygen atoms in total. The summed E-state index contributed by atoms with van der Waals surface area (Å²) in [5.41, 5.74) is 0. The first-order valence-electron chi connectivity index (χ1n) is 4.62. The average Bonchev–Trinajstić information content (AvgIpc) is 1.98. The first-order chi connectivity index (χ1) is 5.66. The lowest BCUT2D eigenvalue weighted by molar-refractivity contribution is -0.142. The molecule has 0 aromatic rings. The molecule has 12 heavy (non-hydrogen) atoms. The van der Waals surface area contributed by atoms with Crippen molar-refractivity contribution < 1.29 is 4.79 Å². The van der Waals surface area contributed by atoms with Crippen molar-refractivity contribution in [3.05, 3.63) is 0 Å². The van der Waals surface area contributed by atoms with Crippen LogP contribution in [0, 0.1) is 5.92 Å². The Balaban J connectivity index is 2.38. The van der Waals surface area contributed by atoms with Gasteiger partial charge in [-0.2, -0.15) is 0 Å². The summed E-state index contributed by atoms with van der Waals surface area (Å²) in [6.07, 6.45) is 1.15. The summed E-state index contributed by atoms with van der Waals surface area (Å²) in [6.45, 7) is 5.79. The van der Waals surface area contributed by atoms with Crippen LogP contribution in [0.2, 0.25) is 0 Å². The van der Waals surface area contributed by atoms with Crippen LogP contribution in [0.15, 0.2) is 0 Å². The lowest BCUT2D eigenvalue weighted by Crippen LogP contribution is -2.56. The third-order valence-corrected chi connectivity index (χ3v) is 2.36. The highest BCUT2D eigenvalue weighted by atomic mass is 16.2. The number of nitrogens with zero attached hydrogens (tertiary/aromatic N) is 1. The molecule has 1 fully saturated rings. The molecule has 1 amide bonds. The van der Waals surface area contributed by atoms with Gasteiger partial charge in [-0.15, -0.1) is 0 Å². The number of nitrogens with one attached hydrogen (secondary N) is 1. The fourth-order valence-electron chi connectivity index (χ4n) is 1.51. The maximum atomic E-state index is 11.5. The van der Waals surface area contributed by atoms with Gasteiger partial charge in [-0.1, -0.05) is 13.8 Å². The highest BCUT2D eigenvalue weighted by Crippen LogP contribution is 2.19. The first-order valence-corrected chi connectivity index (χ1v) is 4.62. The summed E-state index contributed by atoms with van der Waals surface area (Å²) in [6, 6.07) is 0.449. The van der Waals surface area contributed by atoms with Crippen LogP contribution in [0.25, 0.3) is 0 Å². The van der Waals surface area contributed by atoms with Crippen molar-refractivity contribution in [1.29, 1.82) is 0 Å². The molecule has 1 saturated heterocycles. The normalized spacial score (nSPS) is 22.7. The number of hydrogen-bond donors (Lipinski definition) is 1. The minimum atomic E-state index is 0.143. The van der Waals surface area contributed by atoms with E-state index >= 15 is 0 Å². The van der Waals surface area contributed by atoms with Gasteiger partial charge in [0.2, 0.25) is 5.91 Å². The van der Waals surface area contributed by atoms with Gasteiger partial charge in [0.1, 0.15) is 0 Å². The highest BCUT2D eigenvalue weighted by Gasteiger charge is 2.32. The Kier molecular flexibility index (Phi) is 3.09. The van der Waals surface area contributed by atoms with Gasteiger partial charge < -0.3 is 10.2 Å². The van der Waals surface area contributed by atoms with Gasteiger partial charge in [0.05, 0.1) is 0 Å². The predicted molar refractivity (Wildman–Crippen MR) is 48.9 cm³/mol. The fraction of sp³-hybridized carbons (Fsp3) is 0.889. The summed E-state index contributed by atoms with van der Waals surface area (Å²) < 4.78 is 0. The second-order valence-electron chi connectivity index (χ2n) is 3.69. The highest BCUT2D eigenvalue weighted by molar-refractivity contribution is 5.79. The second-order valence-corrected chi connectivity index (χ2v) is 3.69. The van der Waals surface area contributed by atoms with Crippen LogP contribution >= 0.6 is 0 Å². The molecule has 1 N–H and O–H groups in total. The minimum absolute atomic E-state index is 0.143. The van der Waals surface area contributed by atoms with E-state index in [2.05, 4.69) is 5.32 Å². The molecule has 70 valence electrons. The van der Waals surface area contributed by atoms with Crippen molar-refractivity contribution in [2.75, 3.05) is 20.1 Å². The van der Waals surface area contributed by atoms with Crippen LogP contribution in [0.3, 0.4) is 0 Å². The number of carbonyl (C=O) groups excluding carboxylic acids is 1. The lowest BCUT2D eigenvalue weighted by atomic mass is 10.0. The van der Waals surface area contributed by atoms with E-state index in [1.165, 1.54) is 0 Å². The quantitative estimate of drug-likeness (QED) is 0.667. The van der Waals surface area contributed by atoms with Gasteiger partial charge in [-0.25, -0.2) is 0 Å². The van der Waals surface area contributed by atoms with E-state index in [1.807, 2.05) is 25.8 Å². The number of likely N-dealkylation sites (tertiary alicyclic amines) is 1. The first kappa shape index (κ1) is 9.52. The second kappa shape index (κ2) is 3.90. The summed E-state index contributed by atoms with van der Waals surface area (Å²) in [7, 11) is 1.93. The van der Waals surface area contributed by atoms with Gasteiger partial charge in [0.15, 0.2) is 0 Å². The van der Waals surface area contributed by atoms with E-state index in [4.69, 9.17) is 0 Å². The topological polar surface area (TPSA) is 32.3 Å². The Morgan fingerprint density at radius 3 is 2.67 bits per heavy atom. The molecule has 0 bridgehead atoms. The van der Waals surface area contributed by atoms with Crippen LogP contribution in [0.5, 0.6) is 0 Å². The van der Waals surface area contributed by atoms with Crippen LogP contribution in [0.4, 0.5) is 0 Å². The Hall–Kier alpha value is -0.570. The number of likely N-dealkylation sites (N-methyl/N-ethyl adjacent to an activating group) is 1. The molecule has 1 aliphatic heterocycles. The third-order valence-electron chi connectivity index (χ3n) is 2.36. The molecule has 0 saturated carbocycles. The molecular weight excluding hydrogens is 152 g/mol. The lowest BCUT2D eigenvalue weighted by Gasteiger charge is -2.42. The molecule has 0 aromatic carbocycles. The standard InChI is InChI=1S/C9H18N2O/c1-7(2)9(12)11-5-4-8(11)6-10-3/h7-8,10H,4-6H2,1-3H3. The molecule has 1 heterocycles. The Labute approximate surface area is 74.1 Å². The third kappa shape index (κ3) is 1.78. The summed E-state index contributed by atoms with van der Waals surface area (Å²) in [5.74, 6) is 0.436. The van der Waals surface area contributed by atoms with E-state index < -0.39 is 0 Å². The summed E-state index contributed by atoms with van der Waals surface area (Å²) in [4.78, 5) is 13.5. The van der Waals surface area contributed by atoms with E-state index in [-0.39, 0.29) is 5.92 Å². The Morgan fingerprint density at radius 2 is 2.33 bits per heavy atom. The van der Waals surface area contributed by atoms with Crippen LogP contribution < -0.4 is 5.32 Å². The molecule has 1 rings (SSSR count). The van der Waals surface area contributed by atoms with Crippen LogP contribution in [-0.4, -0.2) is 37.0 Å². The molecule has 1 atom stereocenters. The minimum Gasteiger partial charge on any atom is -0.338 e. The maximum Gasteiger partial charge on any atom is 0.225 e. The van der Waals surface area contributed by atoms with E-state index in [0.717, 1.165) is 19.5 Å². The Morgan fingerprint density at radius 1 is 1.67 bits per heavy atom. The van der Waals surface area contributed by atoms with Crippen molar-refractivity contribution >= 4 is 5.91 Å². The zero-order chi connectivity index (χ0) is 9.14. The van der Waals surface area contributed by atoms with Gasteiger partial charge in [-0.3, -0.25) is 4.79 Å². The zero-order valence-corrected chi connectivity index (χ0v) is 8.13. The van der Waals surface area contributed by atoms with Crippen LogP contribution in [-0.2, 0) is 4.79 Å². The monoisotopic (exact) mass is 170 g/mol. The zero-order valence-electron chi connectivity index (χ0n) is 8.13. The van der Waals surface area contributed by atoms with Gasteiger partial charge in [-0.05, 0) is 13.5 Å². The average molecular weight is 170 g/mol. The molecule has 1 unspecified atom stereocenters. The van der Waals surface area contributed by atoms with Crippen molar-refractivity contribution in [3.63, 3.8) is 0 Å². The van der Waals surface area contributed by atoms with Crippen molar-refractivity contribution in [3.8, 4) is 0 Å². The SMILES string of the molecule is CNCC1CCN1C(=O)C(C)C. The van der Waals surface area contributed by atoms with Crippen molar-refractivity contribution in [2.45, 2.75) is 26.3 Å². The summed E-state index contributed by atoms with van der Waals surface area (Å²) >= 11 is 0. The number of amides is 1. The fourth-order valence-corrected chi connectivity index (χ4v) is 1.51. The molecular formula is C9H18N2O. The Bertz CT molecular complexity index is 168. The molecule has 3 heteroatoms. The molecule has 0 aliphatic carbocycles. The van der Waals surface area contributed by atoms with Crippen LogP contribution in [0.1, 0.15) is 20.3 Å². The van der Waals surface area contributed by atoms with Gasteiger partial charge in [0.25, 0.3) is 0 Å². The van der Waals surface area contributed by atoms with E-state index in [0.29, 0.717) is 11.9 Å². The van der Waals surface area contributed by atoms with E-state index in [9.17, 15) is 4.79 Å². The molecule has 0 aromatic heterocycles. The largest absolute Gasteiger partial charge is 0.338 e. The van der Waals surface area contributed by atoms with Crippen molar-refractivity contribution in [1.82, 2.24) is 10.2 Å². The van der Waals surface area contributed by atoms with E-state index in [1.54, 1.807) is 0 Å². The molecule has 1 aliphatic rings. The molecule has 0 radical (unpaired) electrons. The number of hydrogen-bond acceptors (Lipinski definition) is 2. The number of rotatable bonds is 3. The van der Waals surface area contributed by atoms with Crippen molar-refractivity contribution in [2.24, 2.45) is 5.92 Å². The van der Waals surface area contributed by atoms with Gasteiger partial charge >= 0.3 is 0 Å². The van der Waals surface area contributed by atoms with Gasteiger partial charge in [0, 0.05) is 25.0 Å². The molecule has 0 spiro atoms. The smallest absolute Gasteiger partial charge is 0.225 e. The maximum absolute atomic E-state index is 11.5. The predicted octanol–water partition coefficient (Wildman–Crippen LogP) is 0.463. The summed E-state index contributed by atoms with van der Waals surface area (Å²) in [5, 5.41) is 3.10.